The molecule has 0 saturated heterocycles. The number of hydrogen-bond acceptors (Lipinski definition) is 4. The summed E-state index contributed by atoms with van der Waals surface area (Å²) in [4.78, 5) is 13.7. The molecule has 5 rings (SSSR count). The highest BCUT2D eigenvalue weighted by atomic mass is 15.4. The Morgan fingerprint density at radius 1 is 0.640 bits per heavy atom. The third kappa shape index (κ3) is 2.22. The van der Waals surface area contributed by atoms with E-state index in [-0.39, 0.29) is 0 Å². The molecule has 0 N–H and O–H groups in total. The topological polar surface area (TPSA) is 32.3 Å². The second kappa shape index (κ2) is 5.60. The van der Waals surface area contributed by atoms with Gasteiger partial charge >= 0.3 is 0 Å². The van der Waals surface area contributed by atoms with E-state index >= 15 is 0 Å². The van der Waals surface area contributed by atoms with Gasteiger partial charge < -0.3 is 9.80 Å². The van der Waals surface area contributed by atoms with Crippen LogP contribution in [0.4, 0.5) is 22.7 Å². The van der Waals surface area contributed by atoms with Crippen molar-refractivity contribution in [1.82, 2.24) is 9.97 Å². The van der Waals surface area contributed by atoms with Crippen molar-refractivity contribution in [1.29, 1.82) is 0 Å². The molecule has 0 bridgehead atoms. The van der Waals surface area contributed by atoms with Gasteiger partial charge in [-0.25, -0.2) is 0 Å². The highest BCUT2D eigenvalue weighted by molar-refractivity contribution is 6.02. The van der Waals surface area contributed by atoms with Crippen LogP contribution in [0.5, 0.6) is 0 Å². The highest BCUT2D eigenvalue weighted by Gasteiger charge is 2.30. The number of hydrogen-bond donors (Lipinski definition) is 0. The minimum absolute atomic E-state index is 0.749. The molecule has 2 heterocycles. The molecule has 0 atom stereocenters. The Hall–Kier alpha value is -3.40. The summed E-state index contributed by atoms with van der Waals surface area (Å²) >= 11 is 0. The molecule has 0 spiro atoms. The number of fused-ring (bicyclic) bond motifs is 3. The van der Waals surface area contributed by atoms with E-state index in [1.54, 1.807) is 12.4 Å². The quantitative estimate of drug-likeness (QED) is 0.526. The Bertz CT molecular complexity index is 1030. The first-order chi connectivity index (χ1) is 12.4. The average Bonchev–Trinajstić information content (AvgIpc) is 3.09. The average molecular weight is 324 g/mol. The van der Waals surface area contributed by atoms with Gasteiger partial charge in [0.2, 0.25) is 0 Å². The summed E-state index contributed by atoms with van der Waals surface area (Å²) in [5.74, 6) is 0. The van der Waals surface area contributed by atoms with Crippen molar-refractivity contribution in [2.45, 2.75) is 0 Å². The fourth-order valence-electron chi connectivity index (χ4n) is 3.43. The van der Waals surface area contributed by atoms with Gasteiger partial charge in [0.15, 0.2) is 0 Å². The van der Waals surface area contributed by atoms with E-state index in [0.29, 0.717) is 0 Å². The predicted octanol–water partition coefficient (Wildman–Crippen LogP) is 4.88. The molecule has 1 aromatic heterocycles. The second-order valence-electron chi connectivity index (χ2n) is 6.03. The van der Waals surface area contributed by atoms with Crippen LogP contribution in [-0.4, -0.2) is 16.6 Å². The molecule has 1 aliphatic heterocycles. The molecule has 0 aliphatic carbocycles. The van der Waals surface area contributed by atoms with Crippen LogP contribution < -0.4 is 9.80 Å². The van der Waals surface area contributed by atoms with Gasteiger partial charge in [0.1, 0.15) is 12.2 Å². The predicted molar refractivity (Wildman–Crippen MR) is 102 cm³/mol. The van der Waals surface area contributed by atoms with Crippen LogP contribution >= 0.6 is 0 Å². The van der Waals surface area contributed by atoms with E-state index in [9.17, 15) is 0 Å². The Balaban J connectivity index is 1.76. The SMILES string of the molecule is c1ccc(N2CN(c3ccccc3)c3c2ccc2nccnc32)cc1. The molecular formula is C21H16N4. The summed E-state index contributed by atoms with van der Waals surface area (Å²) in [5, 5.41) is 0. The van der Waals surface area contributed by atoms with Gasteiger partial charge in [-0.3, -0.25) is 9.97 Å². The van der Waals surface area contributed by atoms with Crippen molar-refractivity contribution in [3.05, 3.63) is 85.2 Å². The fourth-order valence-corrected chi connectivity index (χ4v) is 3.43. The summed E-state index contributed by atoms with van der Waals surface area (Å²) < 4.78 is 0. The van der Waals surface area contributed by atoms with Gasteiger partial charge in [-0.05, 0) is 36.4 Å². The summed E-state index contributed by atoms with van der Waals surface area (Å²) in [6.07, 6.45) is 3.50. The Kier molecular flexibility index (Phi) is 3.13. The van der Waals surface area contributed by atoms with Crippen molar-refractivity contribution in [3.63, 3.8) is 0 Å². The molecule has 3 aromatic carbocycles. The second-order valence-corrected chi connectivity index (χ2v) is 6.03. The summed E-state index contributed by atoms with van der Waals surface area (Å²) in [6, 6.07) is 25.1. The van der Waals surface area contributed by atoms with Crippen molar-refractivity contribution >= 4 is 33.8 Å². The van der Waals surface area contributed by atoms with E-state index in [1.165, 1.54) is 5.69 Å². The molecule has 0 fully saturated rings. The molecular weight excluding hydrogens is 308 g/mol. The number of rotatable bonds is 2. The molecule has 4 nitrogen and oxygen atoms in total. The van der Waals surface area contributed by atoms with Crippen LogP contribution in [-0.2, 0) is 0 Å². The lowest BCUT2D eigenvalue weighted by Gasteiger charge is -2.22. The van der Waals surface area contributed by atoms with Gasteiger partial charge in [-0.2, -0.15) is 0 Å². The van der Waals surface area contributed by atoms with Crippen LogP contribution in [0.15, 0.2) is 85.2 Å². The molecule has 0 unspecified atom stereocenters. The van der Waals surface area contributed by atoms with Crippen molar-refractivity contribution in [3.8, 4) is 0 Å². The van der Waals surface area contributed by atoms with Crippen LogP contribution in [0.2, 0.25) is 0 Å². The van der Waals surface area contributed by atoms with Crippen LogP contribution in [0, 0.1) is 0 Å². The van der Waals surface area contributed by atoms with Gasteiger partial charge in [-0.1, -0.05) is 36.4 Å². The van der Waals surface area contributed by atoms with E-state index in [1.807, 2.05) is 18.2 Å². The van der Waals surface area contributed by atoms with Crippen molar-refractivity contribution < 1.29 is 0 Å². The van der Waals surface area contributed by atoms with Gasteiger partial charge in [0, 0.05) is 23.8 Å². The smallest absolute Gasteiger partial charge is 0.114 e. The lowest BCUT2D eigenvalue weighted by Crippen LogP contribution is -2.23. The van der Waals surface area contributed by atoms with E-state index in [2.05, 4.69) is 74.4 Å². The first-order valence-electron chi connectivity index (χ1n) is 8.31. The molecule has 120 valence electrons. The zero-order valence-electron chi connectivity index (χ0n) is 13.6. The van der Waals surface area contributed by atoms with Crippen molar-refractivity contribution in [2.75, 3.05) is 16.5 Å². The zero-order valence-corrected chi connectivity index (χ0v) is 13.6. The molecule has 4 aromatic rings. The number of benzene rings is 3. The Labute approximate surface area is 146 Å². The van der Waals surface area contributed by atoms with Crippen LogP contribution in [0.3, 0.4) is 0 Å². The fraction of sp³-hybridized carbons (Fsp3) is 0.0476. The first-order valence-corrected chi connectivity index (χ1v) is 8.31. The lowest BCUT2D eigenvalue weighted by molar-refractivity contribution is 0.992. The van der Waals surface area contributed by atoms with Crippen molar-refractivity contribution in [2.24, 2.45) is 0 Å². The molecule has 0 amide bonds. The summed E-state index contributed by atoms with van der Waals surface area (Å²) in [7, 11) is 0. The number of nitrogens with zero attached hydrogens (tertiary/aromatic N) is 4. The molecule has 1 aliphatic rings. The molecule has 25 heavy (non-hydrogen) atoms. The largest absolute Gasteiger partial charge is 0.321 e. The van der Waals surface area contributed by atoms with Gasteiger partial charge in [0.25, 0.3) is 0 Å². The van der Waals surface area contributed by atoms with Gasteiger partial charge in [-0.15, -0.1) is 0 Å². The molecule has 0 radical (unpaired) electrons. The Morgan fingerprint density at radius 2 is 1.28 bits per heavy atom. The van der Waals surface area contributed by atoms with E-state index in [4.69, 9.17) is 0 Å². The standard InChI is InChI=1S/C21H16N4/c1-3-7-16(8-4-1)24-15-25(17-9-5-2-6-10-17)21-19(24)12-11-18-20(21)23-14-13-22-18/h1-14H,15H2. The summed E-state index contributed by atoms with van der Waals surface area (Å²) in [6.45, 7) is 0.749. The van der Waals surface area contributed by atoms with E-state index in [0.717, 1.165) is 34.8 Å². The monoisotopic (exact) mass is 324 g/mol. The van der Waals surface area contributed by atoms with Crippen LogP contribution in [0.1, 0.15) is 0 Å². The van der Waals surface area contributed by atoms with E-state index < -0.39 is 0 Å². The number of para-hydroxylation sites is 2. The first kappa shape index (κ1) is 14.0. The number of aromatic nitrogens is 2. The molecule has 4 heteroatoms. The highest BCUT2D eigenvalue weighted by Crippen LogP contribution is 2.46. The maximum atomic E-state index is 4.63. The lowest BCUT2D eigenvalue weighted by atomic mass is 10.2. The van der Waals surface area contributed by atoms with Gasteiger partial charge in [0.05, 0.1) is 16.9 Å². The molecule has 0 saturated carbocycles. The maximum Gasteiger partial charge on any atom is 0.114 e. The third-order valence-corrected chi connectivity index (χ3v) is 4.57. The normalized spacial score (nSPS) is 13.3. The number of anilines is 4. The van der Waals surface area contributed by atoms with Crippen LogP contribution in [0.25, 0.3) is 11.0 Å². The Morgan fingerprint density at radius 3 is 2.00 bits per heavy atom. The third-order valence-electron chi connectivity index (χ3n) is 4.57. The summed E-state index contributed by atoms with van der Waals surface area (Å²) in [5.41, 5.74) is 6.44. The minimum Gasteiger partial charge on any atom is -0.321 e. The zero-order chi connectivity index (χ0) is 16.6. The minimum atomic E-state index is 0.749. The maximum absolute atomic E-state index is 4.63.